The predicted octanol–water partition coefficient (Wildman–Crippen LogP) is 3.44. The molecule has 0 fully saturated rings. The second-order valence-corrected chi connectivity index (χ2v) is 6.80. The van der Waals surface area contributed by atoms with Crippen LogP contribution in [0.5, 0.6) is 0 Å². The van der Waals surface area contributed by atoms with Gasteiger partial charge in [-0.2, -0.15) is 0 Å². The summed E-state index contributed by atoms with van der Waals surface area (Å²) in [7, 11) is 0. The summed E-state index contributed by atoms with van der Waals surface area (Å²) in [5.74, 6) is -0.131. The number of benzene rings is 1. The van der Waals surface area contributed by atoms with Crippen LogP contribution < -0.4 is 10.9 Å². The first-order chi connectivity index (χ1) is 10.9. The van der Waals surface area contributed by atoms with Gasteiger partial charge >= 0.3 is 0 Å². The van der Waals surface area contributed by atoms with Crippen LogP contribution >= 0.6 is 27.7 Å². The number of halogens is 1. The molecule has 0 bridgehead atoms. The molecule has 1 heterocycles. The maximum atomic E-state index is 12.1. The highest BCUT2D eigenvalue weighted by Crippen LogP contribution is 2.20. The van der Waals surface area contributed by atoms with E-state index in [2.05, 4.69) is 31.2 Å². The van der Waals surface area contributed by atoms with Gasteiger partial charge in [0.15, 0.2) is 5.16 Å². The lowest BCUT2D eigenvalue weighted by molar-refractivity contribution is -0.116. The van der Waals surface area contributed by atoms with Crippen LogP contribution in [0.3, 0.4) is 0 Å². The Morgan fingerprint density at radius 3 is 2.74 bits per heavy atom. The van der Waals surface area contributed by atoms with Gasteiger partial charge in [0.05, 0.1) is 0 Å². The summed E-state index contributed by atoms with van der Waals surface area (Å²) >= 11 is 4.82. The zero-order valence-corrected chi connectivity index (χ0v) is 15.6. The smallest absolute Gasteiger partial charge is 0.254 e. The standard InChI is InChI=1S/C16H18BrN3O2S/c1-9-4-5-11(8-13(9)17)19-14(21)7-6-12-10(2)18-16(23-3)20-15(12)22/h4-5,8H,6-7H2,1-3H3,(H,19,21)(H,18,20,22). The van der Waals surface area contributed by atoms with Gasteiger partial charge in [-0.1, -0.05) is 33.8 Å². The van der Waals surface area contributed by atoms with Crippen molar-refractivity contribution in [2.24, 2.45) is 0 Å². The van der Waals surface area contributed by atoms with E-state index in [4.69, 9.17) is 0 Å². The molecule has 0 saturated carbocycles. The van der Waals surface area contributed by atoms with Gasteiger partial charge in [0.25, 0.3) is 5.56 Å². The minimum atomic E-state index is -0.173. The first kappa shape index (κ1) is 17.7. The molecule has 1 aromatic carbocycles. The highest BCUT2D eigenvalue weighted by Gasteiger charge is 2.11. The molecular weight excluding hydrogens is 378 g/mol. The van der Waals surface area contributed by atoms with Gasteiger partial charge in [-0.05, 0) is 44.2 Å². The maximum absolute atomic E-state index is 12.1. The van der Waals surface area contributed by atoms with E-state index in [9.17, 15) is 9.59 Å². The molecule has 1 aromatic heterocycles. The maximum Gasteiger partial charge on any atom is 0.254 e. The number of rotatable bonds is 5. The molecule has 0 aliphatic rings. The number of aromatic amines is 1. The number of anilines is 1. The van der Waals surface area contributed by atoms with Crippen LogP contribution in [0.1, 0.15) is 23.2 Å². The van der Waals surface area contributed by atoms with E-state index >= 15 is 0 Å². The summed E-state index contributed by atoms with van der Waals surface area (Å²) in [5.41, 5.74) is 2.89. The van der Waals surface area contributed by atoms with Gasteiger partial charge in [-0.25, -0.2) is 4.98 Å². The number of aromatic nitrogens is 2. The molecule has 2 N–H and O–H groups in total. The highest BCUT2D eigenvalue weighted by atomic mass is 79.9. The molecule has 0 aliphatic carbocycles. The quantitative estimate of drug-likeness (QED) is 0.600. The lowest BCUT2D eigenvalue weighted by Crippen LogP contribution is -2.20. The van der Waals surface area contributed by atoms with Crippen molar-refractivity contribution >= 4 is 39.3 Å². The van der Waals surface area contributed by atoms with Crippen molar-refractivity contribution in [2.45, 2.75) is 31.8 Å². The second kappa shape index (κ2) is 7.79. The Kier molecular flexibility index (Phi) is 6.01. The van der Waals surface area contributed by atoms with Gasteiger partial charge in [0, 0.05) is 27.8 Å². The van der Waals surface area contributed by atoms with Crippen molar-refractivity contribution in [2.75, 3.05) is 11.6 Å². The van der Waals surface area contributed by atoms with Crippen LogP contribution in [0.15, 0.2) is 32.6 Å². The molecule has 122 valence electrons. The third kappa shape index (κ3) is 4.68. The number of H-pyrrole nitrogens is 1. The molecule has 5 nitrogen and oxygen atoms in total. The molecule has 1 amide bonds. The van der Waals surface area contributed by atoms with E-state index in [1.165, 1.54) is 11.8 Å². The molecule has 2 rings (SSSR count). The summed E-state index contributed by atoms with van der Waals surface area (Å²) in [5, 5.41) is 3.42. The van der Waals surface area contributed by atoms with E-state index in [1.807, 2.05) is 31.4 Å². The Bertz CT molecular complexity index is 789. The van der Waals surface area contributed by atoms with Crippen LogP contribution in [-0.4, -0.2) is 22.1 Å². The van der Waals surface area contributed by atoms with Crippen LogP contribution in [0.4, 0.5) is 5.69 Å². The Morgan fingerprint density at radius 1 is 1.39 bits per heavy atom. The zero-order valence-electron chi connectivity index (χ0n) is 13.2. The van der Waals surface area contributed by atoms with E-state index in [-0.39, 0.29) is 17.9 Å². The molecule has 7 heteroatoms. The van der Waals surface area contributed by atoms with Gasteiger partial charge in [-0.15, -0.1) is 0 Å². The normalized spacial score (nSPS) is 10.6. The van der Waals surface area contributed by atoms with Gasteiger partial charge in [-0.3, -0.25) is 9.59 Å². The topological polar surface area (TPSA) is 74.8 Å². The molecule has 23 heavy (non-hydrogen) atoms. The number of nitrogens with one attached hydrogen (secondary N) is 2. The monoisotopic (exact) mass is 395 g/mol. The predicted molar refractivity (Wildman–Crippen MR) is 97.2 cm³/mol. The molecule has 0 unspecified atom stereocenters. The van der Waals surface area contributed by atoms with Crippen LogP contribution in [-0.2, 0) is 11.2 Å². The van der Waals surface area contributed by atoms with E-state index in [0.717, 1.165) is 15.7 Å². The lowest BCUT2D eigenvalue weighted by Gasteiger charge is -2.08. The van der Waals surface area contributed by atoms with Crippen molar-refractivity contribution in [1.29, 1.82) is 0 Å². The average molecular weight is 396 g/mol. The van der Waals surface area contributed by atoms with Crippen LogP contribution in [0.25, 0.3) is 0 Å². The number of amides is 1. The molecule has 0 aliphatic heterocycles. The minimum Gasteiger partial charge on any atom is -0.326 e. The SMILES string of the molecule is CSc1nc(C)c(CCC(=O)Nc2ccc(C)c(Br)c2)c(=O)[nH]1. The average Bonchev–Trinajstić information content (AvgIpc) is 2.50. The van der Waals surface area contributed by atoms with Crippen LogP contribution in [0.2, 0.25) is 0 Å². The molecular formula is C16H18BrN3O2S. The zero-order chi connectivity index (χ0) is 17.0. The number of thioether (sulfide) groups is 1. The van der Waals surface area contributed by atoms with Gasteiger partial charge in [0.2, 0.25) is 5.91 Å². The van der Waals surface area contributed by atoms with E-state index < -0.39 is 0 Å². The Hall–Kier alpha value is -1.60. The fourth-order valence-corrected chi connectivity index (χ4v) is 2.91. The molecule has 0 radical (unpaired) electrons. The molecule has 0 saturated heterocycles. The number of hydrogen-bond acceptors (Lipinski definition) is 4. The fourth-order valence-electron chi connectivity index (χ4n) is 2.11. The van der Waals surface area contributed by atoms with Gasteiger partial charge in [0.1, 0.15) is 0 Å². The Morgan fingerprint density at radius 2 is 2.13 bits per heavy atom. The second-order valence-electron chi connectivity index (χ2n) is 5.15. The number of aryl methyl sites for hydroxylation is 2. The molecule has 2 aromatic rings. The fraction of sp³-hybridized carbons (Fsp3) is 0.312. The lowest BCUT2D eigenvalue weighted by atomic mass is 10.1. The first-order valence-electron chi connectivity index (χ1n) is 7.10. The van der Waals surface area contributed by atoms with Crippen LogP contribution in [0, 0.1) is 13.8 Å². The molecule has 0 spiro atoms. The highest BCUT2D eigenvalue weighted by molar-refractivity contribution is 9.10. The Balaban J connectivity index is 2.02. The number of nitrogens with zero attached hydrogens (tertiary/aromatic N) is 1. The summed E-state index contributed by atoms with van der Waals surface area (Å²) in [6, 6.07) is 5.64. The van der Waals surface area contributed by atoms with Crippen molar-refractivity contribution < 1.29 is 4.79 Å². The van der Waals surface area contributed by atoms with E-state index in [0.29, 0.717) is 22.8 Å². The third-order valence-corrected chi connectivity index (χ3v) is 4.89. The van der Waals surface area contributed by atoms with Crippen molar-refractivity contribution in [1.82, 2.24) is 9.97 Å². The number of carbonyl (C=O) groups excluding carboxylic acids is 1. The number of hydrogen-bond donors (Lipinski definition) is 2. The summed E-state index contributed by atoms with van der Waals surface area (Å²) in [6.45, 7) is 3.77. The Labute approximate surface area is 147 Å². The van der Waals surface area contributed by atoms with Crippen molar-refractivity contribution in [3.05, 3.63) is 49.8 Å². The summed E-state index contributed by atoms with van der Waals surface area (Å²) < 4.78 is 0.944. The number of carbonyl (C=O) groups is 1. The summed E-state index contributed by atoms with van der Waals surface area (Å²) in [6.07, 6.45) is 2.45. The minimum absolute atomic E-state index is 0.131. The third-order valence-electron chi connectivity index (χ3n) is 3.45. The first-order valence-corrected chi connectivity index (χ1v) is 9.12. The van der Waals surface area contributed by atoms with E-state index in [1.54, 1.807) is 6.92 Å². The van der Waals surface area contributed by atoms with Crippen molar-refractivity contribution in [3.63, 3.8) is 0 Å². The molecule has 0 atom stereocenters. The van der Waals surface area contributed by atoms with Gasteiger partial charge < -0.3 is 10.3 Å². The van der Waals surface area contributed by atoms with Crippen molar-refractivity contribution in [3.8, 4) is 0 Å². The summed E-state index contributed by atoms with van der Waals surface area (Å²) in [4.78, 5) is 31.1. The largest absolute Gasteiger partial charge is 0.326 e.